The van der Waals surface area contributed by atoms with Crippen LogP contribution in [0, 0.1) is 0 Å². The zero-order valence-corrected chi connectivity index (χ0v) is 8.58. The fourth-order valence-corrected chi connectivity index (χ4v) is 1.62. The number of carbonyl (C=O) groups is 1. The number of halogens is 1. The van der Waals surface area contributed by atoms with Gasteiger partial charge in [-0.2, -0.15) is 0 Å². The number of anilines is 1. The summed E-state index contributed by atoms with van der Waals surface area (Å²) in [4.78, 5) is 10.5. The maximum atomic E-state index is 10.5. The van der Waals surface area contributed by atoms with Crippen LogP contribution in [0.15, 0.2) is 18.2 Å². The molecule has 4 heteroatoms. The zero-order chi connectivity index (χ0) is 10.7. The van der Waals surface area contributed by atoms with Crippen molar-refractivity contribution in [3.8, 4) is 0 Å². The number of hydrogen-bond acceptors (Lipinski definition) is 2. The van der Waals surface area contributed by atoms with Gasteiger partial charge in [-0.05, 0) is 29.7 Å². The quantitative estimate of drug-likeness (QED) is 0.759. The number of nitrogen functional groups attached to an aromatic ring is 1. The fraction of sp³-hybridized carbons (Fsp3) is 0.300. The monoisotopic (exact) mass is 213 g/mol. The molecule has 0 saturated heterocycles. The van der Waals surface area contributed by atoms with Crippen molar-refractivity contribution in [1.29, 1.82) is 0 Å². The van der Waals surface area contributed by atoms with E-state index in [1.165, 1.54) is 0 Å². The smallest absolute Gasteiger partial charge is 0.303 e. The van der Waals surface area contributed by atoms with E-state index in [4.69, 9.17) is 22.4 Å². The Morgan fingerprint density at radius 1 is 1.64 bits per heavy atom. The molecule has 1 aromatic carbocycles. The van der Waals surface area contributed by atoms with E-state index in [-0.39, 0.29) is 12.3 Å². The third-order valence-electron chi connectivity index (χ3n) is 2.03. The van der Waals surface area contributed by atoms with Crippen molar-refractivity contribution >= 4 is 23.3 Å². The third kappa shape index (κ3) is 2.64. The van der Waals surface area contributed by atoms with E-state index in [1.807, 2.05) is 6.92 Å². The number of nitrogens with two attached hydrogens (primary N) is 1. The van der Waals surface area contributed by atoms with E-state index in [0.29, 0.717) is 10.7 Å². The van der Waals surface area contributed by atoms with Crippen LogP contribution >= 0.6 is 11.6 Å². The largest absolute Gasteiger partial charge is 0.481 e. The number of aliphatic carboxylic acids is 1. The first-order valence-corrected chi connectivity index (χ1v) is 4.65. The van der Waals surface area contributed by atoms with Crippen LogP contribution in [-0.4, -0.2) is 11.1 Å². The van der Waals surface area contributed by atoms with Crippen molar-refractivity contribution in [2.45, 2.75) is 19.3 Å². The van der Waals surface area contributed by atoms with E-state index < -0.39 is 5.97 Å². The van der Waals surface area contributed by atoms with Gasteiger partial charge in [0, 0.05) is 10.7 Å². The molecular weight excluding hydrogens is 202 g/mol. The van der Waals surface area contributed by atoms with Gasteiger partial charge >= 0.3 is 5.97 Å². The van der Waals surface area contributed by atoms with Gasteiger partial charge in [0.05, 0.1) is 6.42 Å². The average Bonchev–Trinajstić information content (AvgIpc) is 2.08. The lowest BCUT2D eigenvalue weighted by molar-refractivity contribution is -0.137. The molecule has 1 atom stereocenters. The molecule has 0 spiro atoms. The van der Waals surface area contributed by atoms with E-state index in [2.05, 4.69) is 0 Å². The molecule has 0 aliphatic carbocycles. The lowest BCUT2D eigenvalue weighted by Gasteiger charge is -2.11. The summed E-state index contributed by atoms with van der Waals surface area (Å²) in [5.41, 5.74) is 6.97. The van der Waals surface area contributed by atoms with E-state index in [9.17, 15) is 4.79 Å². The average molecular weight is 214 g/mol. The summed E-state index contributed by atoms with van der Waals surface area (Å²) in [5, 5.41) is 9.19. The Bertz CT molecular complexity index is 352. The minimum atomic E-state index is -0.837. The minimum Gasteiger partial charge on any atom is -0.481 e. The number of carboxylic acids is 1. The van der Waals surface area contributed by atoms with Crippen molar-refractivity contribution in [2.24, 2.45) is 0 Å². The SMILES string of the molecule is CC(CC(=O)O)c1cc(N)ccc1Cl. The van der Waals surface area contributed by atoms with Crippen molar-refractivity contribution in [1.82, 2.24) is 0 Å². The van der Waals surface area contributed by atoms with Gasteiger partial charge in [-0.3, -0.25) is 4.79 Å². The zero-order valence-electron chi connectivity index (χ0n) is 7.83. The molecule has 1 aromatic rings. The first-order valence-electron chi connectivity index (χ1n) is 4.27. The molecule has 0 aliphatic heterocycles. The van der Waals surface area contributed by atoms with Gasteiger partial charge in [-0.15, -0.1) is 0 Å². The summed E-state index contributed by atoms with van der Waals surface area (Å²) in [7, 11) is 0. The van der Waals surface area contributed by atoms with Crippen molar-refractivity contribution in [3.05, 3.63) is 28.8 Å². The molecule has 3 nitrogen and oxygen atoms in total. The molecule has 14 heavy (non-hydrogen) atoms. The summed E-state index contributed by atoms with van der Waals surface area (Å²) >= 11 is 5.93. The summed E-state index contributed by atoms with van der Waals surface area (Å²) in [6.07, 6.45) is 0.0587. The number of hydrogen-bond donors (Lipinski definition) is 2. The molecule has 0 saturated carbocycles. The maximum absolute atomic E-state index is 10.5. The Morgan fingerprint density at radius 3 is 2.86 bits per heavy atom. The van der Waals surface area contributed by atoms with Gasteiger partial charge in [-0.1, -0.05) is 18.5 Å². The lowest BCUT2D eigenvalue weighted by atomic mass is 9.97. The normalized spacial score (nSPS) is 12.4. The van der Waals surface area contributed by atoms with Crippen LogP contribution in [0.5, 0.6) is 0 Å². The second kappa shape index (κ2) is 4.33. The molecule has 0 amide bonds. The Labute approximate surface area is 87.5 Å². The van der Waals surface area contributed by atoms with Crippen molar-refractivity contribution < 1.29 is 9.90 Å². The summed E-state index contributed by atoms with van der Waals surface area (Å²) < 4.78 is 0. The Kier molecular flexibility index (Phi) is 3.36. The topological polar surface area (TPSA) is 63.3 Å². The molecule has 0 heterocycles. The van der Waals surface area contributed by atoms with Crippen LogP contribution < -0.4 is 5.73 Å². The summed E-state index contributed by atoms with van der Waals surface area (Å²) in [6.45, 7) is 1.81. The highest BCUT2D eigenvalue weighted by Gasteiger charge is 2.13. The lowest BCUT2D eigenvalue weighted by Crippen LogP contribution is -2.04. The predicted molar refractivity (Wildman–Crippen MR) is 56.5 cm³/mol. The van der Waals surface area contributed by atoms with Gasteiger partial charge in [0.2, 0.25) is 0 Å². The van der Waals surface area contributed by atoms with Crippen LogP contribution in [0.25, 0.3) is 0 Å². The highest BCUT2D eigenvalue weighted by Crippen LogP contribution is 2.28. The van der Waals surface area contributed by atoms with Gasteiger partial charge in [0.25, 0.3) is 0 Å². The van der Waals surface area contributed by atoms with Crippen molar-refractivity contribution in [3.63, 3.8) is 0 Å². The van der Waals surface area contributed by atoms with Gasteiger partial charge in [0.1, 0.15) is 0 Å². The number of rotatable bonds is 3. The molecule has 1 rings (SSSR count). The van der Waals surface area contributed by atoms with Gasteiger partial charge in [-0.25, -0.2) is 0 Å². The highest BCUT2D eigenvalue weighted by atomic mass is 35.5. The van der Waals surface area contributed by atoms with Crippen LogP contribution in [0.3, 0.4) is 0 Å². The fourth-order valence-electron chi connectivity index (χ4n) is 1.31. The second-order valence-corrected chi connectivity index (χ2v) is 3.69. The first kappa shape index (κ1) is 10.9. The van der Waals surface area contributed by atoms with Crippen molar-refractivity contribution in [2.75, 3.05) is 5.73 Å². The Balaban J connectivity index is 2.93. The molecule has 0 bridgehead atoms. The van der Waals surface area contributed by atoms with Crippen LogP contribution in [-0.2, 0) is 4.79 Å². The van der Waals surface area contributed by atoms with Crippen LogP contribution in [0.2, 0.25) is 5.02 Å². The molecule has 0 fully saturated rings. The molecule has 0 aromatic heterocycles. The van der Waals surface area contributed by atoms with E-state index in [0.717, 1.165) is 5.56 Å². The van der Waals surface area contributed by atoms with Gasteiger partial charge in [0.15, 0.2) is 0 Å². The van der Waals surface area contributed by atoms with Gasteiger partial charge < -0.3 is 10.8 Å². The maximum Gasteiger partial charge on any atom is 0.303 e. The van der Waals surface area contributed by atoms with Crippen LogP contribution in [0.4, 0.5) is 5.69 Å². The number of carboxylic acid groups (broad SMARTS) is 1. The summed E-state index contributed by atoms with van der Waals surface area (Å²) in [5.74, 6) is -0.959. The minimum absolute atomic E-state index is 0.0587. The molecule has 0 radical (unpaired) electrons. The molecule has 1 unspecified atom stereocenters. The van der Waals surface area contributed by atoms with E-state index >= 15 is 0 Å². The third-order valence-corrected chi connectivity index (χ3v) is 2.38. The molecule has 3 N–H and O–H groups in total. The highest BCUT2D eigenvalue weighted by molar-refractivity contribution is 6.31. The first-order chi connectivity index (χ1) is 6.50. The Morgan fingerprint density at radius 2 is 2.29 bits per heavy atom. The van der Waals surface area contributed by atoms with Crippen LogP contribution in [0.1, 0.15) is 24.8 Å². The second-order valence-electron chi connectivity index (χ2n) is 3.28. The predicted octanol–water partition coefficient (Wildman–Crippen LogP) is 2.50. The standard InChI is InChI=1S/C10H12ClNO2/c1-6(4-10(13)14)8-5-7(12)2-3-9(8)11/h2-3,5-6H,4,12H2,1H3,(H,13,14). The summed E-state index contributed by atoms with van der Waals surface area (Å²) in [6, 6.07) is 5.10. The van der Waals surface area contributed by atoms with E-state index in [1.54, 1.807) is 18.2 Å². The molecule has 0 aliphatic rings. The Hall–Kier alpha value is -1.22. The molecule has 76 valence electrons. The molecular formula is C10H12ClNO2. The number of benzene rings is 1.